The van der Waals surface area contributed by atoms with E-state index in [1.54, 1.807) is 68.8 Å². The monoisotopic (exact) mass is 569 g/mol. The molecule has 40 heavy (non-hydrogen) atoms. The van der Waals surface area contributed by atoms with E-state index in [0.717, 1.165) is 36.8 Å². The average molecular weight is 570 g/mol. The van der Waals surface area contributed by atoms with Gasteiger partial charge in [-0.05, 0) is 100 Å². The molecule has 218 valence electrons. The minimum Gasteiger partial charge on any atom is -0.497 e. The number of nitrogens with one attached hydrogen (secondary N) is 2. The Bertz CT molecular complexity index is 1130. The number of rotatable bonds is 12. The number of hydrogen-bond donors (Lipinski definition) is 2. The smallest absolute Gasteiger partial charge is 0.408 e. The zero-order chi connectivity index (χ0) is 29.3. The highest BCUT2D eigenvalue weighted by Gasteiger charge is 2.42. The first-order valence-corrected chi connectivity index (χ1v) is 15.3. The molecule has 3 amide bonds. The van der Waals surface area contributed by atoms with E-state index >= 15 is 0 Å². The first kappa shape index (κ1) is 31.3. The number of ether oxygens (including phenoxy) is 2. The molecular weight excluding hydrogens is 526 g/mol. The summed E-state index contributed by atoms with van der Waals surface area (Å²) in [6.45, 7) is 7.42. The molecule has 9 heteroatoms. The van der Waals surface area contributed by atoms with Gasteiger partial charge in [0.05, 0.1) is 7.11 Å². The third kappa shape index (κ3) is 8.65. The molecule has 1 aliphatic rings. The minimum atomic E-state index is -0.872. The second-order valence-electron chi connectivity index (χ2n) is 11.0. The molecular formula is C31H43N3O5S. The van der Waals surface area contributed by atoms with Crippen molar-refractivity contribution in [3.8, 4) is 5.75 Å². The van der Waals surface area contributed by atoms with Crippen molar-refractivity contribution in [2.75, 3.05) is 24.4 Å². The van der Waals surface area contributed by atoms with Gasteiger partial charge >= 0.3 is 6.09 Å². The van der Waals surface area contributed by atoms with Gasteiger partial charge < -0.3 is 25.0 Å². The van der Waals surface area contributed by atoms with Crippen LogP contribution in [0.4, 0.5) is 10.5 Å². The summed E-state index contributed by atoms with van der Waals surface area (Å²) >= 11 is 1.59. The number of nitrogens with zero attached hydrogens (tertiary/aromatic N) is 1. The molecule has 0 aliphatic heterocycles. The van der Waals surface area contributed by atoms with Gasteiger partial charge in [-0.3, -0.25) is 9.59 Å². The summed E-state index contributed by atoms with van der Waals surface area (Å²) in [6, 6.07) is 13.1. The Kier molecular flexibility index (Phi) is 11.3. The Morgan fingerprint density at radius 3 is 2.20 bits per heavy atom. The van der Waals surface area contributed by atoms with Crippen LogP contribution in [0.5, 0.6) is 5.75 Å². The number of anilines is 1. The van der Waals surface area contributed by atoms with Crippen molar-refractivity contribution < 1.29 is 23.9 Å². The van der Waals surface area contributed by atoms with E-state index in [0.29, 0.717) is 23.6 Å². The number of alkyl carbamates (subject to hydrolysis) is 1. The second-order valence-corrected chi connectivity index (χ2v) is 12.0. The Morgan fingerprint density at radius 1 is 1.05 bits per heavy atom. The summed E-state index contributed by atoms with van der Waals surface area (Å²) in [5.41, 5.74) is 1.77. The largest absolute Gasteiger partial charge is 0.497 e. The maximum Gasteiger partial charge on any atom is 0.408 e. The number of thioether (sulfide) groups is 1. The van der Waals surface area contributed by atoms with Crippen LogP contribution in [0.25, 0.3) is 0 Å². The highest BCUT2D eigenvalue weighted by molar-refractivity contribution is 7.98. The maximum atomic E-state index is 14.3. The number of hydrogen-bond acceptors (Lipinski definition) is 6. The van der Waals surface area contributed by atoms with Crippen LogP contribution in [0.2, 0.25) is 0 Å². The average Bonchev–Trinajstić information content (AvgIpc) is 2.89. The van der Waals surface area contributed by atoms with Crippen LogP contribution < -0.4 is 15.4 Å². The lowest BCUT2D eigenvalue weighted by atomic mass is 9.87. The summed E-state index contributed by atoms with van der Waals surface area (Å²) in [5, 5.41) is 5.81. The molecule has 0 aromatic heterocycles. The number of carbonyl (C=O) groups excluding carboxylic acids is 3. The molecule has 1 fully saturated rings. The summed E-state index contributed by atoms with van der Waals surface area (Å²) in [7, 11) is 1.59. The predicted octanol–water partition coefficient (Wildman–Crippen LogP) is 5.96. The van der Waals surface area contributed by atoms with Gasteiger partial charge in [-0.2, -0.15) is 11.8 Å². The van der Waals surface area contributed by atoms with Crippen molar-refractivity contribution in [3.05, 3.63) is 59.7 Å². The van der Waals surface area contributed by atoms with Crippen molar-refractivity contribution in [2.24, 2.45) is 0 Å². The second kappa shape index (κ2) is 14.4. The van der Waals surface area contributed by atoms with Gasteiger partial charge in [0.1, 0.15) is 23.4 Å². The zero-order valence-corrected chi connectivity index (χ0v) is 25.3. The van der Waals surface area contributed by atoms with Crippen LogP contribution in [-0.4, -0.2) is 59.6 Å². The standard InChI is InChI=1S/C31H43N3O5S/c1-7-21-11-13-22(14-12-21)27(28(35)32-23-15-17-25(38-5)18-16-23)34(24-9-8-10-24)29(36)26(19-20-40-6)33-30(37)39-31(2,3)4/h11-18,24,26-27H,7-10,19-20H2,1-6H3,(H,32,35)(H,33,37). The van der Waals surface area contributed by atoms with Gasteiger partial charge in [-0.15, -0.1) is 0 Å². The summed E-state index contributed by atoms with van der Waals surface area (Å²) in [4.78, 5) is 42.8. The number of amides is 3. The third-order valence-electron chi connectivity index (χ3n) is 6.91. The Morgan fingerprint density at radius 2 is 1.70 bits per heavy atom. The highest BCUT2D eigenvalue weighted by atomic mass is 32.2. The SMILES string of the molecule is CCc1ccc(C(C(=O)Nc2ccc(OC)cc2)N(C(=O)C(CCSC)NC(=O)OC(C)(C)C)C2CCC2)cc1. The molecule has 0 heterocycles. The van der Waals surface area contributed by atoms with E-state index in [2.05, 4.69) is 17.6 Å². The lowest BCUT2D eigenvalue weighted by molar-refractivity contribution is -0.145. The molecule has 0 bridgehead atoms. The van der Waals surface area contributed by atoms with E-state index in [1.165, 1.54) is 0 Å². The summed E-state index contributed by atoms with van der Waals surface area (Å²) in [6.07, 6.45) is 5.17. The number of benzene rings is 2. The molecule has 2 N–H and O–H groups in total. The molecule has 2 aromatic carbocycles. The Balaban J connectivity index is 1.99. The minimum absolute atomic E-state index is 0.109. The molecule has 2 unspecified atom stereocenters. The van der Waals surface area contributed by atoms with E-state index in [1.807, 2.05) is 30.5 Å². The van der Waals surface area contributed by atoms with E-state index in [9.17, 15) is 14.4 Å². The molecule has 3 rings (SSSR count). The number of carbonyl (C=O) groups is 3. The van der Waals surface area contributed by atoms with Crippen molar-refractivity contribution >= 4 is 35.4 Å². The van der Waals surface area contributed by atoms with Crippen LogP contribution >= 0.6 is 11.8 Å². The molecule has 1 aliphatic carbocycles. The van der Waals surface area contributed by atoms with Crippen LogP contribution in [-0.2, 0) is 20.7 Å². The van der Waals surface area contributed by atoms with Crippen molar-refractivity contribution in [1.82, 2.24) is 10.2 Å². The lowest BCUT2D eigenvalue weighted by Crippen LogP contribution is -2.57. The van der Waals surface area contributed by atoms with Gasteiger partial charge in [0, 0.05) is 11.7 Å². The fourth-order valence-corrected chi connectivity index (χ4v) is 5.04. The summed E-state index contributed by atoms with van der Waals surface area (Å²) in [5.74, 6) is 0.758. The molecule has 1 saturated carbocycles. The lowest BCUT2D eigenvalue weighted by Gasteiger charge is -2.43. The van der Waals surface area contributed by atoms with Crippen LogP contribution in [0.1, 0.15) is 70.5 Å². The molecule has 0 spiro atoms. The first-order chi connectivity index (χ1) is 19.1. The molecule has 2 aromatic rings. The van der Waals surface area contributed by atoms with E-state index in [4.69, 9.17) is 9.47 Å². The zero-order valence-electron chi connectivity index (χ0n) is 24.5. The van der Waals surface area contributed by atoms with Crippen molar-refractivity contribution in [1.29, 1.82) is 0 Å². The Hall–Kier alpha value is -3.20. The topological polar surface area (TPSA) is 97.0 Å². The van der Waals surface area contributed by atoms with Crippen molar-refractivity contribution in [2.45, 2.75) is 83.5 Å². The van der Waals surface area contributed by atoms with Gasteiger partial charge in [0.2, 0.25) is 5.91 Å². The Labute approximate surface area is 242 Å². The molecule has 0 radical (unpaired) electrons. The van der Waals surface area contributed by atoms with E-state index < -0.39 is 23.8 Å². The van der Waals surface area contributed by atoms with Crippen LogP contribution in [0, 0.1) is 0 Å². The van der Waals surface area contributed by atoms with Crippen molar-refractivity contribution in [3.63, 3.8) is 0 Å². The van der Waals surface area contributed by atoms with E-state index in [-0.39, 0.29) is 17.9 Å². The quantitative estimate of drug-likeness (QED) is 0.327. The fraction of sp³-hybridized carbons (Fsp3) is 0.516. The highest BCUT2D eigenvalue weighted by Crippen LogP contribution is 2.35. The number of aryl methyl sites for hydroxylation is 1. The molecule has 2 atom stereocenters. The first-order valence-electron chi connectivity index (χ1n) is 13.9. The third-order valence-corrected chi connectivity index (χ3v) is 7.55. The van der Waals surface area contributed by atoms with Gasteiger partial charge in [0.15, 0.2) is 0 Å². The van der Waals surface area contributed by atoms with Gasteiger partial charge in [0.25, 0.3) is 5.91 Å². The van der Waals surface area contributed by atoms with Gasteiger partial charge in [-0.1, -0.05) is 31.2 Å². The fourth-order valence-electron chi connectivity index (χ4n) is 4.56. The van der Waals surface area contributed by atoms with Crippen LogP contribution in [0.3, 0.4) is 0 Å². The molecule has 8 nitrogen and oxygen atoms in total. The van der Waals surface area contributed by atoms with Crippen LogP contribution in [0.15, 0.2) is 48.5 Å². The maximum absolute atomic E-state index is 14.3. The molecule has 0 saturated heterocycles. The van der Waals surface area contributed by atoms with Gasteiger partial charge in [-0.25, -0.2) is 4.79 Å². The normalized spacial score (nSPS) is 14.8. The number of methoxy groups -OCH3 is 1. The predicted molar refractivity (Wildman–Crippen MR) is 161 cm³/mol. The summed E-state index contributed by atoms with van der Waals surface area (Å²) < 4.78 is 10.7.